The molecule has 1 aromatic heterocycles. The molecule has 0 saturated carbocycles. The number of hydrogen-bond acceptors (Lipinski definition) is 2. The molecule has 6 heteroatoms. The Morgan fingerprint density at radius 2 is 1.95 bits per heavy atom. The third-order valence-electron chi connectivity index (χ3n) is 2.70. The summed E-state index contributed by atoms with van der Waals surface area (Å²) in [6.07, 6.45) is 3.76. The van der Waals surface area contributed by atoms with Crippen LogP contribution in [0.2, 0.25) is 5.02 Å². The van der Waals surface area contributed by atoms with E-state index < -0.39 is 16.9 Å². The molecule has 2 rings (SSSR count). The summed E-state index contributed by atoms with van der Waals surface area (Å²) < 4.78 is 15.6. The Morgan fingerprint density at radius 1 is 1.21 bits per heavy atom. The molecule has 0 bridgehead atoms. The van der Waals surface area contributed by atoms with E-state index in [9.17, 15) is 14.0 Å². The maximum Gasteiger partial charge on any atom is 0.320 e. The molecule has 1 aromatic carbocycles. The number of benzene rings is 1. The van der Waals surface area contributed by atoms with E-state index in [1.165, 1.54) is 29.1 Å². The first-order valence-electron chi connectivity index (χ1n) is 5.82. The van der Waals surface area contributed by atoms with Crippen LogP contribution in [-0.4, -0.2) is 9.13 Å². The van der Waals surface area contributed by atoms with Crippen molar-refractivity contribution in [1.82, 2.24) is 9.13 Å². The SMILES string of the molecule is CCCn1ccn(-c2ccc(F)c(Cl)c2)c(=O)c1=O. The Morgan fingerprint density at radius 3 is 2.58 bits per heavy atom. The maximum atomic E-state index is 13.1. The molecule has 0 aliphatic rings. The molecule has 0 unspecified atom stereocenters. The van der Waals surface area contributed by atoms with Gasteiger partial charge in [0.2, 0.25) is 0 Å². The van der Waals surface area contributed by atoms with Gasteiger partial charge in [-0.15, -0.1) is 0 Å². The van der Waals surface area contributed by atoms with Crippen LogP contribution < -0.4 is 11.1 Å². The zero-order chi connectivity index (χ0) is 14.0. The van der Waals surface area contributed by atoms with Crippen LogP contribution in [0.5, 0.6) is 0 Å². The van der Waals surface area contributed by atoms with Crippen LogP contribution in [0.4, 0.5) is 4.39 Å². The van der Waals surface area contributed by atoms with Gasteiger partial charge in [0, 0.05) is 18.9 Å². The van der Waals surface area contributed by atoms with Crippen molar-refractivity contribution < 1.29 is 4.39 Å². The van der Waals surface area contributed by atoms with Gasteiger partial charge in [-0.3, -0.25) is 14.2 Å². The first-order valence-corrected chi connectivity index (χ1v) is 6.20. The van der Waals surface area contributed by atoms with Gasteiger partial charge in [0.05, 0.1) is 10.7 Å². The Kier molecular flexibility index (Phi) is 3.85. The van der Waals surface area contributed by atoms with Crippen LogP contribution in [0.1, 0.15) is 13.3 Å². The molecule has 0 radical (unpaired) electrons. The first kappa shape index (κ1) is 13.5. The lowest BCUT2D eigenvalue weighted by Crippen LogP contribution is -2.39. The summed E-state index contributed by atoms with van der Waals surface area (Å²) >= 11 is 5.66. The summed E-state index contributed by atoms with van der Waals surface area (Å²) in [4.78, 5) is 23.8. The summed E-state index contributed by atoms with van der Waals surface area (Å²) in [5.74, 6) is -0.571. The van der Waals surface area contributed by atoms with Gasteiger partial charge in [0.15, 0.2) is 0 Å². The number of hydrogen-bond donors (Lipinski definition) is 0. The van der Waals surface area contributed by atoms with Crippen LogP contribution in [0.3, 0.4) is 0 Å². The topological polar surface area (TPSA) is 44.0 Å². The van der Waals surface area contributed by atoms with E-state index in [4.69, 9.17) is 11.6 Å². The van der Waals surface area contributed by atoms with E-state index in [-0.39, 0.29) is 5.02 Å². The molecule has 0 fully saturated rings. The first-order chi connectivity index (χ1) is 9.04. The fraction of sp³-hybridized carbons (Fsp3) is 0.231. The van der Waals surface area contributed by atoms with E-state index in [0.717, 1.165) is 17.1 Å². The number of rotatable bonds is 3. The minimum atomic E-state index is -0.682. The van der Waals surface area contributed by atoms with Gasteiger partial charge in [-0.05, 0) is 24.6 Å². The highest BCUT2D eigenvalue weighted by molar-refractivity contribution is 6.30. The number of nitrogens with zero attached hydrogens (tertiary/aromatic N) is 2. The van der Waals surface area contributed by atoms with Crippen molar-refractivity contribution in [3.8, 4) is 5.69 Å². The molecular formula is C13H12ClFN2O2. The molecule has 0 aliphatic heterocycles. The third-order valence-corrected chi connectivity index (χ3v) is 2.99. The summed E-state index contributed by atoms with van der Waals surface area (Å²) in [5.41, 5.74) is -0.930. The zero-order valence-electron chi connectivity index (χ0n) is 10.3. The Labute approximate surface area is 113 Å². The lowest BCUT2D eigenvalue weighted by molar-refractivity contribution is 0.625. The molecule has 0 amide bonds. The van der Waals surface area contributed by atoms with E-state index in [1.54, 1.807) is 0 Å². The monoisotopic (exact) mass is 282 g/mol. The van der Waals surface area contributed by atoms with Crippen molar-refractivity contribution in [2.45, 2.75) is 19.9 Å². The maximum absolute atomic E-state index is 13.1. The van der Waals surface area contributed by atoms with Crippen LogP contribution in [0.25, 0.3) is 5.69 Å². The highest BCUT2D eigenvalue weighted by atomic mass is 35.5. The fourth-order valence-corrected chi connectivity index (χ4v) is 1.94. The third kappa shape index (κ3) is 2.61. The molecule has 1 heterocycles. The fourth-order valence-electron chi connectivity index (χ4n) is 1.76. The van der Waals surface area contributed by atoms with E-state index in [1.807, 2.05) is 6.92 Å². The van der Waals surface area contributed by atoms with Crippen molar-refractivity contribution in [3.63, 3.8) is 0 Å². The molecular weight excluding hydrogens is 271 g/mol. The number of aromatic nitrogens is 2. The largest absolute Gasteiger partial charge is 0.320 e. The Bertz CT molecular complexity index is 721. The molecule has 0 N–H and O–H groups in total. The lowest BCUT2D eigenvalue weighted by atomic mass is 10.3. The molecule has 0 aliphatic carbocycles. The van der Waals surface area contributed by atoms with E-state index in [2.05, 4.69) is 0 Å². The molecule has 0 saturated heterocycles. The van der Waals surface area contributed by atoms with Crippen molar-refractivity contribution in [2.24, 2.45) is 0 Å². The summed E-state index contributed by atoms with van der Waals surface area (Å²) in [6, 6.07) is 3.86. The number of halogens is 2. The highest BCUT2D eigenvalue weighted by Gasteiger charge is 2.08. The minimum absolute atomic E-state index is 0.0952. The quantitative estimate of drug-likeness (QED) is 0.810. The van der Waals surface area contributed by atoms with Gasteiger partial charge in [-0.2, -0.15) is 0 Å². The van der Waals surface area contributed by atoms with Gasteiger partial charge in [-0.25, -0.2) is 4.39 Å². The predicted octanol–water partition coefficient (Wildman–Crippen LogP) is 2.20. The second-order valence-corrected chi connectivity index (χ2v) is 4.48. The lowest BCUT2D eigenvalue weighted by Gasteiger charge is -2.08. The minimum Gasteiger partial charge on any atom is -0.309 e. The summed E-state index contributed by atoms with van der Waals surface area (Å²) in [5, 5.41) is -0.0952. The summed E-state index contributed by atoms with van der Waals surface area (Å²) in [6.45, 7) is 2.40. The zero-order valence-corrected chi connectivity index (χ0v) is 11.0. The molecule has 2 aromatic rings. The molecule has 19 heavy (non-hydrogen) atoms. The van der Waals surface area contributed by atoms with Crippen LogP contribution in [0.15, 0.2) is 40.2 Å². The Balaban J connectivity index is 2.58. The smallest absolute Gasteiger partial charge is 0.309 e. The predicted molar refractivity (Wildman–Crippen MR) is 71.6 cm³/mol. The molecule has 100 valence electrons. The average molecular weight is 283 g/mol. The second kappa shape index (κ2) is 5.40. The van der Waals surface area contributed by atoms with Crippen LogP contribution in [0, 0.1) is 5.82 Å². The van der Waals surface area contributed by atoms with Gasteiger partial charge in [0.25, 0.3) is 0 Å². The average Bonchev–Trinajstić information content (AvgIpc) is 2.39. The molecule has 4 nitrogen and oxygen atoms in total. The standard InChI is InChI=1S/C13H12ClFN2O2/c1-2-5-16-6-7-17(13(19)12(16)18)9-3-4-11(15)10(14)8-9/h3-4,6-8H,2,5H2,1H3. The molecule has 0 spiro atoms. The molecule has 0 atom stereocenters. The van der Waals surface area contributed by atoms with Crippen LogP contribution in [-0.2, 0) is 6.54 Å². The Hall–Kier alpha value is -1.88. The van der Waals surface area contributed by atoms with E-state index >= 15 is 0 Å². The van der Waals surface area contributed by atoms with Crippen molar-refractivity contribution in [1.29, 1.82) is 0 Å². The van der Waals surface area contributed by atoms with E-state index in [0.29, 0.717) is 12.2 Å². The van der Waals surface area contributed by atoms with Gasteiger partial charge >= 0.3 is 11.1 Å². The normalized spacial score (nSPS) is 10.7. The summed E-state index contributed by atoms with van der Waals surface area (Å²) in [7, 11) is 0. The van der Waals surface area contributed by atoms with Crippen molar-refractivity contribution in [2.75, 3.05) is 0 Å². The second-order valence-electron chi connectivity index (χ2n) is 4.07. The van der Waals surface area contributed by atoms with Crippen LogP contribution >= 0.6 is 11.6 Å². The van der Waals surface area contributed by atoms with Crippen molar-refractivity contribution in [3.05, 3.63) is 62.1 Å². The number of aryl methyl sites for hydroxylation is 1. The van der Waals surface area contributed by atoms with Gasteiger partial charge in [-0.1, -0.05) is 18.5 Å². The van der Waals surface area contributed by atoms with Gasteiger partial charge < -0.3 is 4.57 Å². The van der Waals surface area contributed by atoms with Crippen molar-refractivity contribution >= 4 is 11.6 Å². The highest BCUT2D eigenvalue weighted by Crippen LogP contribution is 2.17. The van der Waals surface area contributed by atoms with Gasteiger partial charge in [0.1, 0.15) is 5.82 Å².